The second-order valence-electron chi connectivity index (χ2n) is 10.0. The fourth-order valence-corrected chi connectivity index (χ4v) is 14.0. The minimum Gasteiger partial charge on any atom is -0.462 e. The van der Waals surface area contributed by atoms with Crippen LogP contribution in [0.4, 0.5) is 0 Å². The Morgan fingerprint density at radius 3 is 1.81 bits per heavy atom. The van der Waals surface area contributed by atoms with Gasteiger partial charge in [0.15, 0.2) is 0 Å². The molecule has 0 amide bonds. The molecule has 0 aliphatic heterocycles. The minimum absolute atomic E-state index is 0. The molecule has 0 aliphatic carbocycles. The maximum absolute atomic E-state index is 12.0. The van der Waals surface area contributed by atoms with Gasteiger partial charge >= 0.3 is 11.9 Å². The molecule has 9 aromatic rings. The van der Waals surface area contributed by atoms with Crippen molar-refractivity contribution in [3.63, 3.8) is 0 Å². The van der Waals surface area contributed by atoms with Crippen LogP contribution in [0.2, 0.25) is 0 Å². The standard InChI is InChI=1S/C17H10O2S4.C17H12O2S4.Zn/c1-2-19-17(18)11-7-10-16(23-11)12-8-3-5-20-14(8)15-9(4-6-21-15)13(12)22-10;1-2-19-17(18)13-7-12-16(23-13)14(10-3-5-20-8-10)15(22-12)11-4-6-21-9-11;/h3-7H,2H2,1H3;3-9H,2H2,1H3;. The van der Waals surface area contributed by atoms with Gasteiger partial charge in [-0.2, -0.15) is 22.7 Å². The van der Waals surface area contributed by atoms with Crippen LogP contribution in [0.1, 0.15) is 33.2 Å². The van der Waals surface area contributed by atoms with E-state index in [4.69, 9.17) is 9.47 Å². The Balaban J connectivity index is 0.000000146. The maximum atomic E-state index is 12.0. The zero-order valence-electron chi connectivity index (χ0n) is 24.9. The minimum atomic E-state index is -0.228. The fourth-order valence-electron chi connectivity index (χ4n) is 5.43. The van der Waals surface area contributed by atoms with Crippen molar-refractivity contribution in [3.05, 3.63) is 78.4 Å². The molecule has 0 N–H and O–H groups in total. The first-order chi connectivity index (χ1) is 22.6. The van der Waals surface area contributed by atoms with Crippen molar-refractivity contribution in [2.75, 3.05) is 13.2 Å². The molecule has 0 unspecified atom stereocenters. The molecule has 232 valence electrons. The summed E-state index contributed by atoms with van der Waals surface area (Å²) >= 11 is 13.6. The zero-order chi connectivity index (χ0) is 31.4. The molecule has 0 saturated carbocycles. The average molecular weight is 816 g/mol. The van der Waals surface area contributed by atoms with E-state index in [2.05, 4.69) is 56.5 Å². The summed E-state index contributed by atoms with van der Waals surface area (Å²) in [5.74, 6) is -0.443. The number of carbonyl (C=O) groups excluding carboxylic acids is 2. The molecule has 47 heavy (non-hydrogen) atoms. The van der Waals surface area contributed by atoms with Gasteiger partial charge in [-0.05, 0) is 88.1 Å². The predicted octanol–water partition coefficient (Wildman–Crippen LogP) is 13.3. The molecule has 0 aliphatic rings. The Morgan fingerprint density at radius 2 is 1.19 bits per heavy atom. The van der Waals surface area contributed by atoms with Gasteiger partial charge in [0.2, 0.25) is 0 Å². The number of carbonyl (C=O) groups is 2. The molecule has 0 saturated heterocycles. The van der Waals surface area contributed by atoms with Gasteiger partial charge in [0.05, 0.1) is 32.0 Å². The fraction of sp³-hybridized carbons (Fsp3) is 0.118. The SMILES string of the molecule is CCOC(=O)c1cc2sc(-c3ccsc3)c(-c3ccsc3)c2s1.CCOC(=O)c1cc2sc3c4ccsc4c4sccc4c3c2s1.[Zn]. The second kappa shape index (κ2) is 13.9. The van der Waals surface area contributed by atoms with Gasteiger partial charge in [-0.1, -0.05) is 0 Å². The van der Waals surface area contributed by atoms with Crippen molar-refractivity contribution in [1.29, 1.82) is 0 Å². The van der Waals surface area contributed by atoms with E-state index < -0.39 is 0 Å². The molecular formula is C34H22O4S8Zn. The predicted molar refractivity (Wildman–Crippen MR) is 206 cm³/mol. The van der Waals surface area contributed by atoms with Gasteiger partial charge in [-0.3, -0.25) is 0 Å². The van der Waals surface area contributed by atoms with E-state index in [0.717, 1.165) is 4.70 Å². The third-order valence-corrected chi connectivity index (χ3v) is 15.6. The Labute approximate surface area is 314 Å². The summed E-state index contributed by atoms with van der Waals surface area (Å²) in [6.45, 7) is 4.49. The summed E-state index contributed by atoms with van der Waals surface area (Å²) in [6.07, 6.45) is 0. The van der Waals surface area contributed by atoms with Gasteiger partial charge < -0.3 is 9.47 Å². The number of benzene rings is 1. The Kier molecular flexibility index (Phi) is 9.81. The first kappa shape index (κ1) is 33.2. The summed E-state index contributed by atoms with van der Waals surface area (Å²) in [5, 5.41) is 16.8. The Morgan fingerprint density at radius 1 is 0.617 bits per heavy atom. The van der Waals surface area contributed by atoms with Crippen LogP contribution >= 0.6 is 90.7 Å². The number of thiophene rings is 8. The van der Waals surface area contributed by atoms with Crippen molar-refractivity contribution in [2.45, 2.75) is 13.8 Å². The molecule has 0 fully saturated rings. The van der Waals surface area contributed by atoms with Crippen molar-refractivity contribution < 1.29 is 38.5 Å². The topological polar surface area (TPSA) is 52.6 Å². The van der Waals surface area contributed by atoms with E-state index >= 15 is 0 Å². The normalized spacial score (nSPS) is 11.4. The van der Waals surface area contributed by atoms with Crippen LogP contribution in [-0.2, 0) is 29.0 Å². The number of esters is 2. The van der Waals surface area contributed by atoms with Crippen LogP contribution in [0.15, 0.2) is 68.7 Å². The Hall–Kier alpha value is -2.32. The molecule has 13 heteroatoms. The molecule has 0 bridgehead atoms. The molecule has 0 radical (unpaired) electrons. The van der Waals surface area contributed by atoms with E-state index in [1.807, 2.05) is 37.3 Å². The molecule has 8 heterocycles. The molecular weight excluding hydrogens is 794 g/mol. The van der Waals surface area contributed by atoms with Crippen LogP contribution in [-0.4, -0.2) is 25.2 Å². The monoisotopic (exact) mass is 814 g/mol. The van der Waals surface area contributed by atoms with Gasteiger partial charge in [0.25, 0.3) is 0 Å². The van der Waals surface area contributed by atoms with E-state index in [1.54, 1.807) is 68.0 Å². The van der Waals surface area contributed by atoms with Gasteiger partial charge in [0.1, 0.15) is 9.75 Å². The molecule has 8 aromatic heterocycles. The number of ether oxygens (including phenoxy) is 2. The van der Waals surface area contributed by atoms with Crippen molar-refractivity contribution in [1.82, 2.24) is 0 Å². The van der Waals surface area contributed by atoms with Gasteiger partial charge in [-0.25, -0.2) is 9.59 Å². The van der Waals surface area contributed by atoms with Gasteiger partial charge in [-0.15, -0.1) is 68.0 Å². The van der Waals surface area contributed by atoms with Crippen molar-refractivity contribution in [3.8, 4) is 21.6 Å². The smallest absolute Gasteiger partial charge is 0.348 e. The van der Waals surface area contributed by atoms with E-state index in [-0.39, 0.29) is 31.4 Å². The van der Waals surface area contributed by atoms with Crippen LogP contribution in [0, 0.1) is 0 Å². The zero-order valence-corrected chi connectivity index (χ0v) is 34.4. The summed E-state index contributed by atoms with van der Waals surface area (Å²) in [5.41, 5.74) is 3.71. The molecule has 4 nitrogen and oxygen atoms in total. The van der Waals surface area contributed by atoms with Crippen molar-refractivity contribution >= 4 is 152 Å². The quantitative estimate of drug-likeness (QED) is 0.124. The summed E-state index contributed by atoms with van der Waals surface area (Å²) < 4.78 is 19.1. The van der Waals surface area contributed by atoms with Crippen LogP contribution in [0.3, 0.4) is 0 Å². The van der Waals surface area contributed by atoms with E-state index in [1.165, 1.54) is 77.3 Å². The van der Waals surface area contributed by atoms with Crippen LogP contribution in [0.5, 0.6) is 0 Å². The molecule has 1 aromatic carbocycles. The van der Waals surface area contributed by atoms with Crippen molar-refractivity contribution in [2.24, 2.45) is 0 Å². The third kappa shape index (κ3) is 5.87. The second-order valence-corrected chi connectivity index (χ2v) is 17.6. The average Bonchev–Trinajstić information content (AvgIpc) is 3.89. The van der Waals surface area contributed by atoms with E-state index in [0.29, 0.717) is 23.0 Å². The first-order valence-corrected chi connectivity index (χ1v) is 21.1. The third-order valence-electron chi connectivity index (χ3n) is 7.33. The molecule has 9 rings (SSSR count). The largest absolute Gasteiger partial charge is 0.462 e. The summed E-state index contributed by atoms with van der Waals surface area (Å²) in [4.78, 5) is 26.7. The Bertz CT molecular complexity index is 2500. The number of hydrogen-bond donors (Lipinski definition) is 0. The summed E-state index contributed by atoms with van der Waals surface area (Å²) in [6, 6.07) is 12.7. The molecule has 0 spiro atoms. The number of rotatable bonds is 6. The number of hydrogen-bond acceptors (Lipinski definition) is 12. The van der Waals surface area contributed by atoms with E-state index in [9.17, 15) is 9.59 Å². The molecule has 0 atom stereocenters. The van der Waals surface area contributed by atoms with Crippen LogP contribution < -0.4 is 0 Å². The number of fused-ring (bicyclic) bond motifs is 9. The first-order valence-electron chi connectivity index (χ1n) is 14.2. The maximum Gasteiger partial charge on any atom is 0.348 e. The van der Waals surface area contributed by atoms with Crippen LogP contribution in [0.25, 0.3) is 70.6 Å². The van der Waals surface area contributed by atoms with Gasteiger partial charge in [0, 0.05) is 65.7 Å². The summed E-state index contributed by atoms with van der Waals surface area (Å²) in [7, 11) is 0.